The Bertz CT molecular complexity index is 2140. The van der Waals surface area contributed by atoms with E-state index < -0.39 is 190 Å². The maximum atomic E-state index is 13.0. The van der Waals surface area contributed by atoms with Crippen molar-refractivity contribution >= 4 is 83.1 Å². The summed E-state index contributed by atoms with van der Waals surface area (Å²) in [5.41, 5.74) is 0. The highest BCUT2D eigenvalue weighted by Crippen LogP contribution is 2.13. The Morgan fingerprint density at radius 1 is 0.346 bits per heavy atom. The number of ether oxygens (including phenoxy) is 2. The van der Waals surface area contributed by atoms with Crippen LogP contribution in [0, 0.1) is 0 Å². The van der Waals surface area contributed by atoms with Gasteiger partial charge in [0.2, 0.25) is 41.4 Å². The molecule has 7 unspecified atom stereocenters. The molecule has 0 rings (SSSR count). The van der Waals surface area contributed by atoms with Gasteiger partial charge in [-0.25, -0.2) is 28.8 Å². The van der Waals surface area contributed by atoms with E-state index >= 15 is 0 Å². The van der Waals surface area contributed by atoms with Crippen LogP contribution in [0.1, 0.15) is 168 Å². The summed E-state index contributed by atoms with van der Waals surface area (Å²) in [6, 6.07) is -10.8. The fourth-order valence-corrected chi connectivity index (χ4v) is 7.59. The third-order valence-corrected chi connectivity index (χ3v) is 12.2. The number of rotatable bonds is 48. The number of carbonyl (C=O) groups excluding carboxylic acids is 9. The second-order valence-corrected chi connectivity index (χ2v) is 19.1. The topological polar surface area (TPSA) is 443 Å². The first-order chi connectivity index (χ1) is 38.3. The summed E-state index contributed by atoms with van der Waals surface area (Å²) in [6.07, 6.45) is 8.01. The molecule has 0 bridgehead atoms. The third-order valence-electron chi connectivity index (χ3n) is 12.2. The van der Waals surface area contributed by atoms with Crippen molar-refractivity contribution in [2.75, 3.05) is 13.2 Å². The van der Waals surface area contributed by atoms with Gasteiger partial charge < -0.3 is 72.2 Å². The number of carbonyl (C=O) groups is 14. The molecule has 0 spiro atoms. The van der Waals surface area contributed by atoms with Crippen LogP contribution in [-0.4, -0.2) is 164 Å². The van der Waals surface area contributed by atoms with Crippen LogP contribution in [0.2, 0.25) is 0 Å². The fraction of sp³-hybridized carbons (Fsp3) is 0.660. The molecule has 12 N–H and O–H groups in total. The molecule has 0 aromatic rings. The van der Waals surface area contributed by atoms with Crippen molar-refractivity contribution in [3.63, 3.8) is 0 Å². The number of esters is 2. The number of nitrogens with one attached hydrogen (secondary N) is 7. The zero-order valence-electron chi connectivity index (χ0n) is 46.3. The van der Waals surface area contributed by atoms with Gasteiger partial charge in [-0.1, -0.05) is 96.4 Å². The normalized spacial score (nSPS) is 13.3. The summed E-state index contributed by atoms with van der Waals surface area (Å²) in [7, 11) is 0. The highest BCUT2D eigenvalue weighted by molar-refractivity contribution is 5.90. The zero-order valence-corrected chi connectivity index (χ0v) is 46.3. The summed E-state index contributed by atoms with van der Waals surface area (Å²) in [5, 5.41) is 63.6. The Morgan fingerprint density at radius 3 is 0.840 bits per heavy atom. The van der Waals surface area contributed by atoms with E-state index in [0.29, 0.717) is 6.42 Å². The van der Waals surface area contributed by atoms with Gasteiger partial charge >= 0.3 is 41.8 Å². The smallest absolute Gasteiger partial charge is 0.328 e. The van der Waals surface area contributed by atoms with E-state index in [1.165, 1.54) is 57.6 Å². The van der Waals surface area contributed by atoms with E-state index in [2.05, 4.69) is 57.3 Å². The van der Waals surface area contributed by atoms with Gasteiger partial charge in [0.05, 0.1) is 0 Å². The van der Waals surface area contributed by atoms with Crippen LogP contribution in [-0.2, 0) is 76.6 Å². The maximum absolute atomic E-state index is 13.0. The first-order valence-corrected chi connectivity index (χ1v) is 27.1. The van der Waals surface area contributed by atoms with E-state index in [1.54, 1.807) is 0 Å². The maximum Gasteiger partial charge on any atom is 0.328 e. The number of carboxylic acids is 5. The van der Waals surface area contributed by atoms with Gasteiger partial charge in [-0.2, -0.15) is 0 Å². The summed E-state index contributed by atoms with van der Waals surface area (Å²) < 4.78 is 9.94. The summed E-state index contributed by atoms with van der Waals surface area (Å²) in [6.45, 7) is 9.59. The Balaban J connectivity index is 5.33. The lowest BCUT2D eigenvalue weighted by Crippen LogP contribution is -2.46. The van der Waals surface area contributed by atoms with Crippen LogP contribution in [0.25, 0.3) is 0 Å². The molecule has 0 saturated carbocycles. The minimum atomic E-state index is -1.74. The highest BCUT2D eigenvalue weighted by Gasteiger charge is 2.30. The Labute approximate surface area is 470 Å². The van der Waals surface area contributed by atoms with Crippen molar-refractivity contribution in [3.05, 3.63) is 25.3 Å². The quantitative estimate of drug-likeness (QED) is 0.0234. The molecule has 0 aromatic carbocycles. The lowest BCUT2D eigenvalue weighted by molar-refractivity contribution is -0.148. The average molecular weight is 1150 g/mol. The third kappa shape index (κ3) is 36.0. The molecule has 28 heteroatoms. The van der Waals surface area contributed by atoms with E-state index in [0.717, 1.165) is 25.7 Å². The summed E-state index contributed by atoms with van der Waals surface area (Å²) >= 11 is 0. The number of hydrogen-bond donors (Lipinski definition) is 12. The molecule has 456 valence electrons. The van der Waals surface area contributed by atoms with E-state index in [-0.39, 0.29) is 32.5 Å². The molecule has 28 nitrogen and oxygen atoms in total. The van der Waals surface area contributed by atoms with Crippen molar-refractivity contribution in [1.29, 1.82) is 0 Å². The SMILES string of the molecule is C=CCOC(=O)C(CCC(=O)NC(C)C(=O)O)NC(=O)CCC(NC(=O)CCC(NC(=O)CCC(NC(=O)CCC(NC(=O)CCC(NC(=O)CCCCCCCCCCCCC)C(=O)O)C(=O)O)C(=O)OCC=C)C(=O)O)C(=O)O. The van der Waals surface area contributed by atoms with Gasteiger partial charge in [-0.3, -0.25) is 38.4 Å². The lowest BCUT2D eigenvalue weighted by Gasteiger charge is -2.20. The Hall–Kier alpha value is -7.94. The molecule has 0 radical (unpaired) electrons. The fourth-order valence-electron chi connectivity index (χ4n) is 7.59. The minimum Gasteiger partial charge on any atom is -0.480 e. The molecule has 7 atom stereocenters. The van der Waals surface area contributed by atoms with Crippen molar-refractivity contribution in [3.8, 4) is 0 Å². The summed E-state index contributed by atoms with van der Waals surface area (Å²) in [4.78, 5) is 173. The van der Waals surface area contributed by atoms with E-state index in [4.69, 9.17) is 14.6 Å². The first kappa shape index (κ1) is 73.1. The summed E-state index contributed by atoms with van der Waals surface area (Å²) in [5.74, 6) is -15.5. The minimum absolute atomic E-state index is 0.0944. The van der Waals surface area contributed by atoms with Crippen LogP contribution in [0.15, 0.2) is 25.3 Å². The molecular weight excluding hydrogens is 1070 g/mol. The first-order valence-electron chi connectivity index (χ1n) is 27.1. The molecule has 0 fully saturated rings. The molecule has 0 aromatic heterocycles. The predicted molar refractivity (Wildman–Crippen MR) is 286 cm³/mol. The number of carboxylic acid groups (broad SMARTS) is 5. The number of unbranched alkanes of at least 4 members (excludes halogenated alkanes) is 10. The molecule has 0 saturated heterocycles. The van der Waals surface area contributed by atoms with Gasteiger partial charge in [0.1, 0.15) is 55.5 Å². The van der Waals surface area contributed by atoms with Crippen LogP contribution in [0.3, 0.4) is 0 Å². The Kier molecular flexibility index (Phi) is 38.7. The van der Waals surface area contributed by atoms with Crippen molar-refractivity contribution in [2.24, 2.45) is 0 Å². The molecule has 7 amide bonds. The monoisotopic (exact) mass is 1150 g/mol. The second-order valence-electron chi connectivity index (χ2n) is 19.1. The lowest BCUT2D eigenvalue weighted by atomic mass is 10.0. The van der Waals surface area contributed by atoms with Crippen molar-refractivity contribution < 1.29 is 102 Å². The van der Waals surface area contributed by atoms with E-state index in [1.807, 2.05) is 0 Å². The molecule has 0 aliphatic rings. The molecule has 81 heavy (non-hydrogen) atoms. The largest absolute Gasteiger partial charge is 0.480 e. The standard InChI is InChI=1S/C53H83N7O21/c1-5-8-9-10-11-12-13-14-15-16-17-18-40(61)55-34(48(70)71)19-25-42(63)56-36(50(74)75)22-28-46(67)60-39(53(79)81-32-7-3)24-30-44(65)58-35(49(72)73)20-26-43(64)57-37(51(76)77)21-27-45(66)59-38(52(78)80-31-6-2)23-29-41(62)54-33(4)47(68)69/h6-7,33-39H,2-3,5,8-32H2,1,4H3,(H,54,62)(H,55,61)(H,56,63)(H,57,64)(H,58,65)(H,59,66)(H,60,67)(H,68,69)(H,70,71)(H,72,73)(H,74,75)(H,76,77). The highest BCUT2D eigenvalue weighted by atomic mass is 16.5. The van der Waals surface area contributed by atoms with E-state index in [9.17, 15) is 87.5 Å². The predicted octanol–water partition coefficient (Wildman–Crippen LogP) is 1.66. The molecule has 0 heterocycles. The molecular formula is C53H83N7O21. The zero-order chi connectivity index (χ0) is 61.3. The van der Waals surface area contributed by atoms with Crippen LogP contribution >= 0.6 is 0 Å². The molecule has 0 aliphatic heterocycles. The van der Waals surface area contributed by atoms with Crippen LogP contribution in [0.5, 0.6) is 0 Å². The van der Waals surface area contributed by atoms with Crippen molar-refractivity contribution in [2.45, 2.75) is 210 Å². The van der Waals surface area contributed by atoms with Crippen molar-refractivity contribution in [1.82, 2.24) is 37.2 Å². The molecule has 0 aliphatic carbocycles. The Morgan fingerprint density at radius 2 is 0.580 bits per heavy atom. The van der Waals surface area contributed by atoms with Gasteiger partial charge in [0, 0.05) is 44.9 Å². The number of amides is 7. The number of aliphatic carboxylic acids is 5. The average Bonchev–Trinajstić information content (AvgIpc) is 3.40. The van der Waals surface area contributed by atoms with Gasteiger partial charge in [-0.15, -0.1) is 0 Å². The van der Waals surface area contributed by atoms with Gasteiger partial charge in [-0.05, 0) is 51.9 Å². The van der Waals surface area contributed by atoms with Gasteiger partial charge in [0.25, 0.3) is 0 Å². The van der Waals surface area contributed by atoms with Crippen LogP contribution < -0.4 is 37.2 Å². The van der Waals surface area contributed by atoms with Gasteiger partial charge in [0.15, 0.2) is 0 Å². The number of hydrogen-bond acceptors (Lipinski definition) is 16. The van der Waals surface area contributed by atoms with Crippen LogP contribution in [0.4, 0.5) is 0 Å². The second kappa shape index (κ2) is 42.9.